The van der Waals surface area contributed by atoms with Crippen LogP contribution in [-0.2, 0) is 0 Å². The van der Waals surface area contributed by atoms with E-state index in [1.54, 1.807) is 0 Å². The number of furan rings is 1. The van der Waals surface area contributed by atoms with E-state index in [9.17, 15) is 0 Å². The molecule has 3 aromatic heterocycles. The highest BCUT2D eigenvalue weighted by molar-refractivity contribution is 6.22. The molecule has 0 aliphatic carbocycles. The average molecular weight is 791 g/mol. The van der Waals surface area contributed by atoms with E-state index >= 15 is 0 Å². The first-order valence-electron chi connectivity index (χ1n) is 20.9. The molecule has 62 heavy (non-hydrogen) atoms. The van der Waals surface area contributed by atoms with Crippen LogP contribution in [0.2, 0.25) is 0 Å². The number of fused-ring (bicyclic) bond motifs is 10. The molecule has 5 nitrogen and oxygen atoms in total. The van der Waals surface area contributed by atoms with Crippen molar-refractivity contribution in [2.45, 2.75) is 0 Å². The van der Waals surface area contributed by atoms with Crippen molar-refractivity contribution in [2.75, 3.05) is 0 Å². The van der Waals surface area contributed by atoms with E-state index in [1.807, 2.05) is 48.5 Å². The zero-order chi connectivity index (χ0) is 40.7. The largest absolute Gasteiger partial charge is 0.456 e. The maximum Gasteiger partial charge on any atom is 0.164 e. The van der Waals surface area contributed by atoms with E-state index in [4.69, 9.17) is 19.4 Å². The second-order valence-electron chi connectivity index (χ2n) is 15.9. The van der Waals surface area contributed by atoms with Gasteiger partial charge in [-0.25, -0.2) is 15.0 Å². The Morgan fingerprint density at radius 2 is 0.984 bits per heavy atom. The van der Waals surface area contributed by atoms with Crippen LogP contribution in [0.3, 0.4) is 0 Å². The molecule has 0 saturated carbocycles. The summed E-state index contributed by atoms with van der Waals surface area (Å²) in [4.78, 5) is 15.8. The van der Waals surface area contributed by atoms with Gasteiger partial charge >= 0.3 is 0 Å². The first-order valence-corrected chi connectivity index (χ1v) is 20.9. The normalized spacial score (nSPS) is 11.9. The Balaban J connectivity index is 1.13. The van der Waals surface area contributed by atoms with Gasteiger partial charge in [-0.2, -0.15) is 0 Å². The molecule has 0 fully saturated rings. The average Bonchev–Trinajstić information content (AvgIpc) is 3.89. The number of hydrogen-bond donors (Lipinski definition) is 0. The number of aromatic nitrogens is 4. The van der Waals surface area contributed by atoms with Crippen molar-refractivity contribution < 1.29 is 4.42 Å². The fourth-order valence-electron chi connectivity index (χ4n) is 9.54. The Kier molecular flexibility index (Phi) is 7.54. The highest BCUT2D eigenvalue weighted by Gasteiger charge is 2.22. The monoisotopic (exact) mass is 790 g/mol. The predicted octanol–water partition coefficient (Wildman–Crippen LogP) is 15.0. The molecule has 0 amide bonds. The minimum absolute atomic E-state index is 0.588. The number of rotatable bonds is 5. The standard InChI is InChI=1S/C57H34N4O/c1-3-14-35(15-4-1)40-27-28-42-44(56-58-55(37-17-5-2-6-18-37)59-57(60-56)46-23-13-25-52-53(46)45-22-11-12-24-51(45)62-52)30-31-49(47(42)33-40)61-50-34-39-20-8-7-19-38(39)32-48(50)43-29-26-36-16-9-10-21-41(36)54(43)61/h1-34H. The van der Waals surface area contributed by atoms with E-state index in [2.05, 4.69) is 162 Å². The molecule has 0 spiro atoms. The third-order valence-corrected chi connectivity index (χ3v) is 12.4. The van der Waals surface area contributed by atoms with Gasteiger partial charge in [0.25, 0.3) is 0 Å². The van der Waals surface area contributed by atoms with Crippen LogP contribution < -0.4 is 0 Å². The summed E-state index contributed by atoms with van der Waals surface area (Å²) in [5.41, 5.74) is 10.1. The highest BCUT2D eigenvalue weighted by atomic mass is 16.3. The molecule has 3 heterocycles. The number of para-hydroxylation sites is 1. The van der Waals surface area contributed by atoms with Crippen molar-refractivity contribution in [3.63, 3.8) is 0 Å². The molecule has 0 bridgehead atoms. The molecule has 0 atom stereocenters. The first-order chi connectivity index (χ1) is 30.7. The smallest absolute Gasteiger partial charge is 0.164 e. The Hall–Kier alpha value is -8.41. The molecule has 0 aliphatic heterocycles. The SMILES string of the molecule is c1ccc(-c2ccc3c(-c4nc(-c5ccccc5)nc(-c5cccc6oc7ccccc7c56)n4)ccc(-n4c5cc6ccccc6cc5c5ccc6ccccc6c54)c3c2)cc1. The summed E-state index contributed by atoms with van der Waals surface area (Å²) in [6.45, 7) is 0. The maximum atomic E-state index is 6.34. The Morgan fingerprint density at radius 3 is 1.81 bits per heavy atom. The van der Waals surface area contributed by atoms with E-state index < -0.39 is 0 Å². The molecule has 0 saturated heterocycles. The lowest BCUT2D eigenvalue weighted by atomic mass is 9.96. The van der Waals surface area contributed by atoms with E-state index in [0.717, 1.165) is 71.7 Å². The van der Waals surface area contributed by atoms with Gasteiger partial charge in [0.1, 0.15) is 11.2 Å². The van der Waals surface area contributed by atoms with Crippen molar-refractivity contribution in [3.8, 4) is 51.0 Å². The quantitative estimate of drug-likeness (QED) is 0.174. The minimum Gasteiger partial charge on any atom is -0.456 e. The molecule has 13 rings (SSSR count). The van der Waals surface area contributed by atoms with Crippen LogP contribution in [0.25, 0.3) is 127 Å². The fourth-order valence-corrected chi connectivity index (χ4v) is 9.54. The molecular weight excluding hydrogens is 757 g/mol. The lowest BCUT2D eigenvalue weighted by molar-refractivity contribution is 0.669. The van der Waals surface area contributed by atoms with Gasteiger partial charge in [0.05, 0.1) is 16.7 Å². The van der Waals surface area contributed by atoms with Crippen LogP contribution in [0.15, 0.2) is 211 Å². The van der Waals surface area contributed by atoms with Gasteiger partial charge in [0.2, 0.25) is 0 Å². The van der Waals surface area contributed by atoms with Gasteiger partial charge in [-0.1, -0.05) is 164 Å². The van der Waals surface area contributed by atoms with Gasteiger partial charge in [0, 0.05) is 49.0 Å². The molecular formula is C57H34N4O. The Morgan fingerprint density at radius 1 is 0.339 bits per heavy atom. The van der Waals surface area contributed by atoms with E-state index in [0.29, 0.717) is 17.5 Å². The summed E-state index contributed by atoms with van der Waals surface area (Å²) in [7, 11) is 0. The van der Waals surface area contributed by atoms with Crippen molar-refractivity contribution in [2.24, 2.45) is 0 Å². The number of nitrogens with zero attached hydrogens (tertiary/aromatic N) is 4. The van der Waals surface area contributed by atoms with E-state index in [1.165, 1.54) is 37.8 Å². The summed E-state index contributed by atoms with van der Waals surface area (Å²) in [5.74, 6) is 1.79. The summed E-state index contributed by atoms with van der Waals surface area (Å²) < 4.78 is 8.82. The van der Waals surface area contributed by atoms with Gasteiger partial charge < -0.3 is 8.98 Å². The molecule has 0 unspecified atom stereocenters. The van der Waals surface area contributed by atoms with Crippen molar-refractivity contribution in [1.82, 2.24) is 19.5 Å². The molecule has 0 aliphatic rings. The summed E-state index contributed by atoms with van der Waals surface area (Å²) in [6, 6.07) is 72.9. The zero-order valence-electron chi connectivity index (χ0n) is 33.3. The topological polar surface area (TPSA) is 56.7 Å². The summed E-state index contributed by atoms with van der Waals surface area (Å²) in [6.07, 6.45) is 0. The van der Waals surface area contributed by atoms with Gasteiger partial charge in [-0.15, -0.1) is 0 Å². The van der Waals surface area contributed by atoms with Crippen LogP contribution in [0, 0.1) is 0 Å². The Bertz CT molecular complexity index is 3920. The van der Waals surface area contributed by atoms with Crippen LogP contribution in [0.5, 0.6) is 0 Å². The number of hydrogen-bond acceptors (Lipinski definition) is 4. The van der Waals surface area contributed by atoms with Gasteiger partial charge in [-0.05, 0) is 75.1 Å². The lowest BCUT2D eigenvalue weighted by Gasteiger charge is -2.17. The van der Waals surface area contributed by atoms with Crippen LogP contribution in [0.4, 0.5) is 0 Å². The summed E-state index contributed by atoms with van der Waals surface area (Å²) >= 11 is 0. The van der Waals surface area contributed by atoms with Crippen molar-refractivity contribution in [3.05, 3.63) is 206 Å². The van der Waals surface area contributed by atoms with Gasteiger partial charge in [-0.3, -0.25) is 0 Å². The summed E-state index contributed by atoms with van der Waals surface area (Å²) in [5, 5.41) is 11.4. The highest BCUT2D eigenvalue weighted by Crippen LogP contribution is 2.43. The van der Waals surface area contributed by atoms with Crippen LogP contribution in [0.1, 0.15) is 0 Å². The third-order valence-electron chi connectivity index (χ3n) is 12.4. The molecule has 0 radical (unpaired) electrons. The Labute approximate surface area is 355 Å². The predicted molar refractivity (Wildman–Crippen MR) is 256 cm³/mol. The second-order valence-corrected chi connectivity index (χ2v) is 15.9. The zero-order valence-corrected chi connectivity index (χ0v) is 33.3. The molecule has 13 aromatic rings. The van der Waals surface area contributed by atoms with Crippen molar-refractivity contribution >= 4 is 76.1 Å². The molecule has 0 N–H and O–H groups in total. The molecule has 10 aromatic carbocycles. The number of benzene rings is 10. The fraction of sp³-hybridized carbons (Fsp3) is 0. The van der Waals surface area contributed by atoms with E-state index in [-0.39, 0.29) is 0 Å². The molecule has 5 heteroatoms. The third kappa shape index (κ3) is 5.32. The van der Waals surface area contributed by atoms with Crippen LogP contribution in [-0.4, -0.2) is 19.5 Å². The van der Waals surface area contributed by atoms with Gasteiger partial charge in [0.15, 0.2) is 17.5 Å². The minimum atomic E-state index is 0.588. The second kappa shape index (κ2) is 13.6. The maximum absolute atomic E-state index is 6.34. The first kappa shape index (κ1) is 34.5. The van der Waals surface area contributed by atoms with Crippen molar-refractivity contribution in [1.29, 1.82) is 0 Å². The lowest BCUT2D eigenvalue weighted by Crippen LogP contribution is -2.02. The molecule has 288 valence electrons. The van der Waals surface area contributed by atoms with Crippen LogP contribution >= 0.6 is 0 Å².